The quantitative estimate of drug-likeness (QED) is 0.845. The van der Waals surface area contributed by atoms with Gasteiger partial charge in [-0.2, -0.15) is 4.98 Å². The van der Waals surface area contributed by atoms with Gasteiger partial charge < -0.3 is 19.5 Å². The average Bonchev–Trinajstić information content (AvgIpc) is 2.78. The number of aromatic nitrogens is 1. The lowest BCUT2D eigenvalue weighted by Crippen LogP contribution is -2.45. The van der Waals surface area contributed by atoms with Gasteiger partial charge in [-0.15, -0.1) is 0 Å². The van der Waals surface area contributed by atoms with E-state index in [1.807, 2.05) is 7.05 Å². The highest BCUT2D eigenvalue weighted by molar-refractivity contribution is 5.28. The van der Waals surface area contributed by atoms with E-state index in [1.165, 1.54) is 12.8 Å². The van der Waals surface area contributed by atoms with Crippen molar-refractivity contribution in [3.05, 3.63) is 12.0 Å². The minimum atomic E-state index is 0.600. The van der Waals surface area contributed by atoms with Crippen LogP contribution in [-0.4, -0.2) is 50.2 Å². The first-order chi connectivity index (χ1) is 8.20. The van der Waals surface area contributed by atoms with Crippen LogP contribution in [0.3, 0.4) is 0 Å². The highest BCUT2D eigenvalue weighted by atomic mass is 16.4. The number of likely N-dealkylation sites (N-methyl/N-ethyl adjacent to an activating group) is 1. The maximum Gasteiger partial charge on any atom is 0.297 e. The fourth-order valence-electron chi connectivity index (χ4n) is 2.25. The second kappa shape index (κ2) is 5.51. The van der Waals surface area contributed by atoms with E-state index in [0.29, 0.717) is 6.04 Å². The van der Waals surface area contributed by atoms with Gasteiger partial charge in [-0.1, -0.05) is 0 Å². The zero-order chi connectivity index (χ0) is 12.3. The summed E-state index contributed by atoms with van der Waals surface area (Å²) in [6.07, 6.45) is 4.20. The zero-order valence-corrected chi connectivity index (χ0v) is 10.9. The fourth-order valence-corrected chi connectivity index (χ4v) is 2.25. The van der Waals surface area contributed by atoms with Crippen molar-refractivity contribution in [3.63, 3.8) is 0 Å². The van der Waals surface area contributed by atoms with E-state index >= 15 is 0 Å². The van der Waals surface area contributed by atoms with Crippen molar-refractivity contribution >= 4 is 6.01 Å². The first-order valence-corrected chi connectivity index (χ1v) is 6.21. The smallest absolute Gasteiger partial charge is 0.297 e. The van der Waals surface area contributed by atoms with Gasteiger partial charge >= 0.3 is 0 Å². The molecule has 1 aromatic rings. The summed E-state index contributed by atoms with van der Waals surface area (Å²) in [5.74, 6) is 0. The molecule has 0 aliphatic carbocycles. The molecule has 2 rings (SSSR count). The summed E-state index contributed by atoms with van der Waals surface area (Å²) in [6, 6.07) is 1.37. The molecule has 1 aromatic heterocycles. The molecule has 1 aliphatic heterocycles. The predicted octanol–water partition coefficient (Wildman–Crippen LogP) is 0.924. The summed E-state index contributed by atoms with van der Waals surface area (Å²) in [5.41, 5.74) is 0.967. The Kier molecular flexibility index (Phi) is 4.02. The molecular formula is C12H22N4O. The van der Waals surface area contributed by atoms with Crippen LogP contribution in [0.4, 0.5) is 6.01 Å². The van der Waals surface area contributed by atoms with E-state index in [-0.39, 0.29) is 0 Å². The van der Waals surface area contributed by atoms with Crippen LogP contribution in [0.2, 0.25) is 0 Å². The summed E-state index contributed by atoms with van der Waals surface area (Å²) in [4.78, 5) is 9.02. The Hall–Kier alpha value is -1.07. The molecule has 2 heterocycles. The third-order valence-electron chi connectivity index (χ3n) is 3.29. The molecule has 5 nitrogen and oxygen atoms in total. The molecule has 0 amide bonds. The van der Waals surface area contributed by atoms with Gasteiger partial charge in [-0.05, 0) is 34.0 Å². The van der Waals surface area contributed by atoms with E-state index in [2.05, 4.69) is 34.2 Å². The molecular weight excluding hydrogens is 216 g/mol. The summed E-state index contributed by atoms with van der Waals surface area (Å²) >= 11 is 0. The number of hydrogen-bond donors (Lipinski definition) is 1. The van der Waals surface area contributed by atoms with Gasteiger partial charge in [0.2, 0.25) is 0 Å². The zero-order valence-electron chi connectivity index (χ0n) is 10.9. The van der Waals surface area contributed by atoms with Gasteiger partial charge in [0.05, 0.1) is 5.69 Å². The van der Waals surface area contributed by atoms with Crippen molar-refractivity contribution in [1.29, 1.82) is 0 Å². The van der Waals surface area contributed by atoms with E-state index in [0.717, 1.165) is 31.3 Å². The van der Waals surface area contributed by atoms with Crippen molar-refractivity contribution < 1.29 is 4.42 Å². The van der Waals surface area contributed by atoms with E-state index in [1.54, 1.807) is 6.26 Å². The highest BCUT2D eigenvalue weighted by Gasteiger charge is 2.24. The third-order valence-corrected chi connectivity index (χ3v) is 3.29. The number of oxazole rings is 1. The number of hydrogen-bond acceptors (Lipinski definition) is 5. The molecule has 0 saturated carbocycles. The maximum atomic E-state index is 5.54. The van der Waals surface area contributed by atoms with Crippen molar-refractivity contribution in [2.75, 3.05) is 39.1 Å². The highest BCUT2D eigenvalue weighted by Crippen LogP contribution is 2.20. The third kappa shape index (κ3) is 2.98. The molecule has 0 bridgehead atoms. The van der Waals surface area contributed by atoms with Crippen molar-refractivity contribution in [2.45, 2.75) is 25.4 Å². The lowest BCUT2D eigenvalue weighted by Gasteiger charge is -2.35. The number of anilines is 1. The fraction of sp³-hybridized carbons (Fsp3) is 0.750. The van der Waals surface area contributed by atoms with E-state index < -0.39 is 0 Å². The molecule has 1 aliphatic rings. The molecule has 0 radical (unpaired) electrons. The predicted molar refractivity (Wildman–Crippen MR) is 68.2 cm³/mol. The number of rotatable bonds is 4. The van der Waals surface area contributed by atoms with Gasteiger partial charge in [0, 0.05) is 25.7 Å². The maximum absolute atomic E-state index is 5.54. The van der Waals surface area contributed by atoms with Crippen LogP contribution in [0.15, 0.2) is 10.7 Å². The van der Waals surface area contributed by atoms with Gasteiger partial charge in [-0.25, -0.2) is 0 Å². The molecule has 1 atom stereocenters. The number of nitrogens with one attached hydrogen (secondary N) is 1. The van der Waals surface area contributed by atoms with Gasteiger partial charge in [0.1, 0.15) is 6.26 Å². The average molecular weight is 238 g/mol. The van der Waals surface area contributed by atoms with Crippen LogP contribution in [0.1, 0.15) is 18.5 Å². The molecule has 0 spiro atoms. The Labute approximate surface area is 103 Å². The topological polar surface area (TPSA) is 44.5 Å². The number of nitrogens with zero attached hydrogens (tertiary/aromatic N) is 3. The largest absolute Gasteiger partial charge is 0.432 e. The van der Waals surface area contributed by atoms with Gasteiger partial charge in [-0.3, -0.25) is 0 Å². The molecule has 17 heavy (non-hydrogen) atoms. The summed E-state index contributed by atoms with van der Waals surface area (Å²) < 4.78 is 5.54. The van der Waals surface area contributed by atoms with Crippen LogP contribution in [-0.2, 0) is 6.54 Å². The Morgan fingerprint density at radius 3 is 3.12 bits per heavy atom. The lowest BCUT2D eigenvalue weighted by atomic mass is 10.1. The minimum Gasteiger partial charge on any atom is -0.432 e. The summed E-state index contributed by atoms with van der Waals surface area (Å²) in [6.45, 7) is 2.81. The summed E-state index contributed by atoms with van der Waals surface area (Å²) in [7, 11) is 6.18. The molecule has 96 valence electrons. The van der Waals surface area contributed by atoms with Gasteiger partial charge in [0.25, 0.3) is 6.01 Å². The second-order valence-electron chi connectivity index (χ2n) is 4.86. The summed E-state index contributed by atoms with van der Waals surface area (Å²) in [5, 5.41) is 3.08. The molecule has 1 N–H and O–H groups in total. The lowest BCUT2D eigenvalue weighted by molar-refractivity contribution is 0.253. The molecule has 0 aromatic carbocycles. The van der Waals surface area contributed by atoms with Crippen LogP contribution in [0.5, 0.6) is 0 Å². The molecule has 1 fully saturated rings. The molecule has 1 saturated heterocycles. The van der Waals surface area contributed by atoms with Crippen LogP contribution < -0.4 is 10.2 Å². The molecule has 5 heteroatoms. The van der Waals surface area contributed by atoms with E-state index in [9.17, 15) is 0 Å². The Morgan fingerprint density at radius 2 is 2.41 bits per heavy atom. The standard InChI is InChI=1S/C12H22N4O/c1-13-7-10-9-17-12(14-10)16-6-4-5-11(8-16)15(2)3/h9,11,13H,4-8H2,1-3H3. The Morgan fingerprint density at radius 1 is 1.59 bits per heavy atom. The van der Waals surface area contributed by atoms with Crippen LogP contribution >= 0.6 is 0 Å². The van der Waals surface area contributed by atoms with E-state index in [4.69, 9.17) is 4.42 Å². The first kappa shape index (κ1) is 12.4. The monoisotopic (exact) mass is 238 g/mol. The first-order valence-electron chi connectivity index (χ1n) is 6.21. The van der Waals surface area contributed by atoms with Crippen molar-refractivity contribution in [3.8, 4) is 0 Å². The van der Waals surface area contributed by atoms with Crippen LogP contribution in [0, 0.1) is 0 Å². The molecule has 1 unspecified atom stereocenters. The van der Waals surface area contributed by atoms with Crippen LogP contribution in [0.25, 0.3) is 0 Å². The Bertz CT molecular complexity index is 350. The SMILES string of the molecule is CNCc1coc(N2CCCC(N(C)C)C2)n1. The van der Waals surface area contributed by atoms with Crippen molar-refractivity contribution in [1.82, 2.24) is 15.2 Å². The normalized spacial score (nSPS) is 21.2. The minimum absolute atomic E-state index is 0.600. The van der Waals surface area contributed by atoms with Crippen molar-refractivity contribution in [2.24, 2.45) is 0 Å². The Balaban J connectivity index is 2.00. The van der Waals surface area contributed by atoms with Gasteiger partial charge in [0.15, 0.2) is 0 Å². The number of piperidine rings is 1. The second-order valence-corrected chi connectivity index (χ2v) is 4.86.